The van der Waals surface area contributed by atoms with Crippen molar-refractivity contribution in [3.05, 3.63) is 83.9 Å². The number of hydrogen-bond donors (Lipinski definition) is 1. The molecule has 236 valence electrons. The fourth-order valence-corrected chi connectivity index (χ4v) is 6.43. The Labute approximate surface area is 262 Å². The van der Waals surface area contributed by atoms with Crippen LogP contribution in [0.3, 0.4) is 0 Å². The number of rotatable bonds is 10. The summed E-state index contributed by atoms with van der Waals surface area (Å²) in [6, 6.07) is 18.2. The maximum absolute atomic E-state index is 14.3. The summed E-state index contributed by atoms with van der Waals surface area (Å²) in [6.07, 6.45) is 4.75. The van der Waals surface area contributed by atoms with Crippen molar-refractivity contribution in [1.29, 1.82) is 0 Å². The number of carbonyl (C=O) groups is 3. The molecular formula is C32H36N6O6S. The van der Waals surface area contributed by atoms with E-state index in [-0.39, 0.29) is 23.0 Å². The molecule has 5 rings (SSSR count). The number of para-hydroxylation sites is 1. The number of carbonyl (C=O) groups excluding carboxylic acids is 3. The molecule has 45 heavy (non-hydrogen) atoms. The van der Waals surface area contributed by atoms with E-state index in [9.17, 15) is 22.8 Å². The van der Waals surface area contributed by atoms with Gasteiger partial charge in [-0.3, -0.25) is 14.5 Å². The maximum atomic E-state index is 14.3. The largest absolute Gasteiger partial charge is 0.465 e. The van der Waals surface area contributed by atoms with Crippen molar-refractivity contribution >= 4 is 44.5 Å². The summed E-state index contributed by atoms with van der Waals surface area (Å²) in [5.74, 6) is -1.40. The summed E-state index contributed by atoms with van der Waals surface area (Å²) >= 11 is 0. The first-order valence-electron chi connectivity index (χ1n) is 14.7. The van der Waals surface area contributed by atoms with Crippen LogP contribution in [0.2, 0.25) is 0 Å². The predicted molar refractivity (Wildman–Crippen MR) is 168 cm³/mol. The lowest BCUT2D eigenvalue weighted by molar-refractivity contribution is -0.127. The van der Waals surface area contributed by atoms with E-state index in [1.165, 1.54) is 55.1 Å². The lowest BCUT2D eigenvalue weighted by Gasteiger charge is -2.33. The average Bonchev–Trinajstić information content (AvgIpc) is 3.46. The first kappa shape index (κ1) is 31.8. The highest BCUT2D eigenvalue weighted by molar-refractivity contribution is 7.89. The van der Waals surface area contributed by atoms with E-state index in [1.54, 1.807) is 36.4 Å². The van der Waals surface area contributed by atoms with Gasteiger partial charge >= 0.3 is 5.97 Å². The molecule has 1 fully saturated rings. The molecule has 1 aliphatic rings. The van der Waals surface area contributed by atoms with E-state index in [1.807, 2.05) is 12.1 Å². The lowest BCUT2D eigenvalue weighted by atomic mass is 9.94. The zero-order chi connectivity index (χ0) is 32.1. The number of benzene rings is 3. The van der Waals surface area contributed by atoms with Crippen LogP contribution in [0.1, 0.15) is 54.1 Å². The van der Waals surface area contributed by atoms with Crippen LogP contribution in [0.25, 0.3) is 11.0 Å². The van der Waals surface area contributed by atoms with Crippen LogP contribution in [0, 0.1) is 0 Å². The molecule has 12 nitrogen and oxygen atoms in total. The number of anilines is 1. The van der Waals surface area contributed by atoms with Gasteiger partial charge in [0.1, 0.15) is 18.1 Å². The summed E-state index contributed by atoms with van der Waals surface area (Å²) in [5.41, 5.74) is 2.31. The first-order chi connectivity index (χ1) is 21.6. The normalized spacial score (nSPS) is 14.7. The van der Waals surface area contributed by atoms with Crippen molar-refractivity contribution in [2.45, 2.75) is 55.6 Å². The number of nitrogens with one attached hydrogen (secondary N) is 1. The molecule has 1 atom stereocenters. The Morgan fingerprint density at radius 3 is 2.27 bits per heavy atom. The van der Waals surface area contributed by atoms with Crippen molar-refractivity contribution in [2.24, 2.45) is 0 Å². The molecule has 1 saturated carbocycles. The number of fused-ring (bicyclic) bond motifs is 1. The number of ether oxygens (including phenoxy) is 1. The standard InChI is InChI=1S/C32H36N6O6S/c1-36(2)45(42,43)26-19-17-25(18-20-26)38(29(39)21-37-28-12-8-7-11-27(28)34-35-37)30(31(40)33-24-9-5-4-6-10-24)22-13-15-23(16-14-22)32(41)44-3/h7-8,11-20,24,30H,4-6,9-10,21H2,1-3H3,(H,33,40)/t30-/m0/s1. The minimum Gasteiger partial charge on any atom is -0.465 e. The molecule has 0 spiro atoms. The molecule has 3 aromatic carbocycles. The Morgan fingerprint density at radius 1 is 0.956 bits per heavy atom. The van der Waals surface area contributed by atoms with Crippen molar-refractivity contribution in [1.82, 2.24) is 24.6 Å². The van der Waals surface area contributed by atoms with Crippen molar-refractivity contribution in [3.8, 4) is 0 Å². The van der Waals surface area contributed by atoms with Crippen molar-refractivity contribution in [2.75, 3.05) is 26.1 Å². The van der Waals surface area contributed by atoms with Crippen LogP contribution >= 0.6 is 0 Å². The number of esters is 1. The fraction of sp³-hybridized carbons (Fsp3) is 0.344. The Morgan fingerprint density at radius 2 is 1.62 bits per heavy atom. The molecule has 1 heterocycles. The number of amides is 2. The lowest BCUT2D eigenvalue weighted by Crippen LogP contribution is -2.48. The van der Waals surface area contributed by atoms with E-state index in [2.05, 4.69) is 15.6 Å². The number of aromatic nitrogens is 3. The van der Waals surface area contributed by atoms with Gasteiger partial charge in [-0.1, -0.05) is 48.7 Å². The molecule has 0 bridgehead atoms. The van der Waals surface area contributed by atoms with E-state index < -0.39 is 33.8 Å². The molecule has 0 saturated heterocycles. The van der Waals surface area contributed by atoms with Gasteiger partial charge in [0, 0.05) is 25.8 Å². The summed E-state index contributed by atoms with van der Waals surface area (Å²) in [7, 11) is 0.410. The highest BCUT2D eigenvalue weighted by Crippen LogP contribution is 2.31. The molecule has 1 aromatic heterocycles. The van der Waals surface area contributed by atoms with Crippen LogP contribution in [0.5, 0.6) is 0 Å². The van der Waals surface area contributed by atoms with Crippen molar-refractivity contribution in [3.63, 3.8) is 0 Å². The van der Waals surface area contributed by atoms with E-state index in [4.69, 9.17) is 4.74 Å². The second-order valence-corrected chi connectivity index (χ2v) is 13.3. The quantitative estimate of drug-likeness (QED) is 0.261. The van der Waals surface area contributed by atoms with Gasteiger partial charge in [-0.25, -0.2) is 22.2 Å². The van der Waals surface area contributed by atoms with Crippen LogP contribution in [-0.2, 0) is 30.9 Å². The molecular weight excluding hydrogens is 596 g/mol. The average molecular weight is 633 g/mol. The summed E-state index contributed by atoms with van der Waals surface area (Å²) < 4.78 is 33.0. The molecule has 13 heteroatoms. The molecule has 0 unspecified atom stereocenters. The Kier molecular flexibility index (Phi) is 9.59. The van der Waals surface area contributed by atoms with Crippen LogP contribution in [-0.4, -0.2) is 72.7 Å². The smallest absolute Gasteiger partial charge is 0.337 e. The van der Waals surface area contributed by atoms with E-state index >= 15 is 0 Å². The van der Waals surface area contributed by atoms with Gasteiger partial charge in [0.25, 0.3) is 0 Å². The zero-order valence-electron chi connectivity index (χ0n) is 25.4. The first-order valence-corrected chi connectivity index (χ1v) is 16.2. The fourth-order valence-electron chi connectivity index (χ4n) is 5.53. The third-order valence-electron chi connectivity index (χ3n) is 7.97. The molecule has 1 aliphatic carbocycles. The molecule has 0 radical (unpaired) electrons. The van der Waals surface area contributed by atoms with Crippen LogP contribution in [0.4, 0.5) is 5.69 Å². The van der Waals surface area contributed by atoms with Crippen molar-refractivity contribution < 1.29 is 27.5 Å². The van der Waals surface area contributed by atoms with Gasteiger partial charge in [0.15, 0.2) is 0 Å². The van der Waals surface area contributed by atoms with Gasteiger partial charge in [-0.05, 0) is 66.9 Å². The van der Waals surface area contributed by atoms with Crippen LogP contribution in [0.15, 0.2) is 77.7 Å². The van der Waals surface area contributed by atoms with Crippen LogP contribution < -0.4 is 10.2 Å². The number of methoxy groups -OCH3 is 1. The van der Waals surface area contributed by atoms with E-state index in [0.717, 1.165) is 36.4 Å². The van der Waals surface area contributed by atoms with Gasteiger partial charge < -0.3 is 10.1 Å². The minimum absolute atomic E-state index is 0.0385. The highest BCUT2D eigenvalue weighted by atomic mass is 32.2. The number of nitrogens with zero attached hydrogens (tertiary/aromatic N) is 5. The van der Waals surface area contributed by atoms with Gasteiger partial charge in [0.05, 0.1) is 23.1 Å². The Hall–Kier alpha value is -4.62. The Bertz CT molecular complexity index is 1780. The molecule has 0 aliphatic heterocycles. The predicted octanol–water partition coefficient (Wildman–Crippen LogP) is 3.69. The summed E-state index contributed by atoms with van der Waals surface area (Å²) in [6.45, 7) is -0.244. The molecule has 4 aromatic rings. The zero-order valence-corrected chi connectivity index (χ0v) is 26.2. The molecule has 2 amide bonds. The third-order valence-corrected chi connectivity index (χ3v) is 9.80. The van der Waals surface area contributed by atoms with Gasteiger partial charge in [-0.2, -0.15) is 0 Å². The van der Waals surface area contributed by atoms with Gasteiger partial charge in [0.2, 0.25) is 21.8 Å². The monoisotopic (exact) mass is 632 g/mol. The number of hydrogen-bond acceptors (Lipinski definition) is 8. The second kappa shape index (κ2) is 13.6. The topological polar surface area (TPSA) is 144 Å². The summed E-state index contributed by atoms with van der Waals surface area (Å²) in [4.78, 5) is 42.1. The number of sulfonamides is 1. The second-order valence-electron chi connectivity index (χ2n) is 11.1. The Balaban J connectivity index is 1.60. The van der Waals surface area contributed by atoms with E-state index in [0.29, 0.717) is 22.3 Å². The maximum Gasteiger partial charge on any atom is 0.337 e. The molecule has 1 N–H and O–H groups in total. The third kappa shape index (κ3) is 6.89. The highest BCUT2D eigenvalue weighted by Gasteiger charge is 2.35. The van der Waals surface area contributed by atoms with Gasteiger partial charge in [-0.15, -0.1) is 5.10 Å². The summed E-state index contributed by atoms with van der Waals surface area (Å²) in [5, 5.41) is 11.5. The minimum atomic E-state index is -3.74. The SMILES string of the molecule is COC(=O)c1ccc([C@@H](C(=O)NC2CCCCC2)N(C(=O)Cn2nnc3ccccc32)c2ccc(S(=O)(=O)N(C)C)cc2)cc1.